The Kier molecular flexibility index (Phi) is 3.48. The molecule has 0 aliphatic rings. The minimum absolute atomic E-state index is 0.00940. The zero-order valence-electron chi connectivity index (χ0n) is 8.93. The molecule has 86 valence electrons. The Labute approximate surface area is 104 Å². The van der Waals surface area contributed by atoms with Crippen molar-refractivity contribution in [3.8, 4) is 17.4 Å². The molecule has 0 aliphatic heterocycles. The van der Waals surface area contributed by atoms with Crippen molar-refractivity contribution in [2.45, 2.75) is 12.5 Å². The monoisotopic (exact) mass is 247 g/mol. The van der Waals surface area contributed by atoms with Gasteiger partial charge >= 0.3 is 0 Å². The summed E-state index contributed by atoms with van der Waals surface area (Å²) in [7, 11) is 0. The summed E-state index contributed by atoms with van der Waals surface area (Å²) in [5, 5.41) is 18.7. The molecular weight excluding hydrogens is 238 g/mol. The van der Waals surface area contributed by atoms with Gasteiger partial charge < -0.3 is 9.52 Å². The summed E-state index contributed by atoms with van der Waals surface area (Å²) in [6, 6.07) is 12.6. The van der Waals surface area contributed by atoms with Gasteiger partial charge in [-0.1, -0.05) is 23.7 Å². The van der Waals surface area contributed by atoms with Crippen LogP contribution in [0.1, 0.15) is 18.3 Å². The van der Waals surface area contributed by atoms with Crippen molar-refractivity contribution in [2.75, 3.05) is 0 Å². The highest BCUT2D eigenvalue weighted by Gasteiger charge is 2.13. The van der Waals surface area contributed by atoms with Crippen LogP contribution < -0.4 is 0 Å². The molecule has 1 N–H and O–H groups in total. The van der Waals surface area contributed by atoms with Gasteiger partial charge in [-0.3, -0.25) is 0 Å². The number of halogens is 1. The smallest absolute Gasteiger partial charge is 0.135 e. The summed E-state index contributed by atoms with van der Waals surface area (Å²) in [5.74, 6) is 0.962. The van der Waals surface area contributed by atoms with Gasteiger partial charge in [-0.05, 0) is 24.3 Å². The highest BCUT2D eigenvalue weighted by molar-refractivity contribution is 6.33. The number of hydrogen-bond donors (Lipinski definition) is 1. The van der Waals surface area contributed by atoms with Crippen LogP contribution in [0.4, 0.5) is 0 Å². The molecular formula is C13H10ClNO2. The number of aliphatic hydroxyl groups excluding tert-OH is 1. The zero-order chi connectivity index (χ0) is 12.3. The minimum atomic E-state index is -0.892. The largest absolute Gasteiger partial charge is 0.458 e. The Balaban J connectivity index is 2.31. The van der Waals surface area contributed by atoms with Gasteiger partial charge in [0, 0.05) is 5.56 Å². The van der Waals surface area contributed by atoms with E-state index in [1.165, 1.54) is 0 Å². The second-order valence-corrected chi connectivity index (χ2v) is 3.97. The Hall–Kier alpha value is -1.76. The Bertz CT molecular complexity index is 557. The van der Waals surface area contributed by atoms with Gasteiger partial charge in [0.2, 0.25) is 0 Å². The molecule has 2 aromatic rings. The molecule has 1 aromatic heterocycles. The SMILES string of the molecule is N#CC[C@@H](O)c1ccc(-c2ccccc2Cl)o1. The van der Waals surface area contributed by atoms with Gasteiger partial charge in [-0.15, -0.1) is 0 Å². The van der Waals surface area contributed by atoms with Crippen LogP contribution in [0.15, 0.2) is 40.8 Å². The molecule has 0 saturated carbocycles. The Morgan fingerprint density at radius 1 is 1.29 bits per heavy atom. The lowest BCUT2D eigenvalue weighted by atomic mass is 10.2. The third kappa shape index (κ3) is 2.50. The van der Waals surface area contributed by atoms with Crippen LogP contribution in [-0.2, 0) is 0 Å². The van der Waals surface area contributed by atoms with Crippen LogP contribution in [-0.4, -0.2) is 5.11 Å². The molecule has 1 aromatic carbocycles. The van der Waals surface area contributed by atoms with E-state index in [0.717, 1.165) is 5.56 Å². The summed E-state index contributed by atoms with van der Waals surface area (Å²) in [6.07, 6.45) is -0.883. The summed E-state index contributed by atoms with van der Waals surface area (Å²) in [4.78, 5) is 0. The number of benzene rings is 1. The predicted molar refractivity (Wildman–Crippen MR) is 64.3 cm³/mol. The van der Waals surface area contributed by atoms with Gasteiger partial charge in [-0.25, -0.2) is 0 Å². The van der Waals surface area contributed by atoms with Crippen molar-refractivity contribution in [1.29, 1.82) is 5.26 Å². The van der Waals surface area contributed by atoms with Gasteiger partial charge in [-0.2, -0.15) is 5.26 Å². The van der Waals surface area contributed by atoms with E-state index in [0.29, 0.717) is 16.5 Å². The van der Waals surface area contributed by atoms with Crippen LogP contribution in [0.25, 0.3) is 11.3 Å². The quantitative estimate of drug-likeness (QED) is 0.902. The van der Waals surface area contributed by atoms with Crippen LogP contribution in [0.3, 0.4) is 0 Å². The first-order valence-corrected chi connectivity index (χ1v) is 5.50. The highest BCUT2D eigenvalue weighted by Crippen LogP contribution is 2.31. The van der Waals surface area contributed by atoms with Gasteiger partial charge in [0.05, 0.1) is 17.5 Å². The van der Waals surface area contributed by atoms with Crippen LogP contribution in [0, 0.1) is 11.3 Å². The lowest BCUT2D eigenvalue weighted by Crippen LogP contribution is -1.92. The maximum Gasteiger partial charge on any atom is 0.135 e. The van der Waals surface area contributed by atoms with E-state index in [-0.39, 0.29) is 6.42 Å². The van der Waals surface area contributed by atoms with Crippen molar-refractivity contribution in [1.82, 2.24) is 0 Å². The number of aliphatic hydroxyl groups is 1. The Morgan fingerprint density at radius 3 is 2.76 bits per heavy atom. The van der Waals surface area contributed by atoms with E-state index in [9.17, 15) is 5.11 Å². The predicted octanol–water partition coefficient (Wildman–Crippen LogP) is 3.55. The van der Waals surface area contributed by atoms with Crippen molar-refractivity contribution < 1.29 is 9.52 Å². The molecule has 0 fully saturated rings. The van der Waals surface area contributed by atoms with E-state index < -0.39 is 6.10 Å². The molecule has 17 heavy (non-hydrogen) atoms. The number of nitriles is 1. The maximum atomic E-state index is 9.60. The lowest BCUT2D eigenvalue weighted by Gasteiger charge is -2.02. The van der Waals surface area contributed by atoms with Crippen molar-refractivity contribution in [2.24, 2.45) is 0 Å². The van der Waals surface area contributed by atoms with Crippen molar-refractivity contribution >= 4 is 11.6 Å². The molecule has 3 nitrogen and oxygen atoms in total. The van der Waals surface area contributed by atoms with Crippen molar-refractivity contribution in [3.05, 3.63) is 47.2 Å². The Morgan fingerprint density at radius 2 is 2.06 bits per heavy atom. The van der Waals surface area contributed by atoms with Crippen LogP contribution >= 0.6 is 11.6 Å². The maximum absolute atomic E-state index is 9.60. The van der Waals surface area contributed by atoms with Gasteiger partial charge in [0.25, 0.3) is 0 Å². The normalized spacial score (nSPS) is 12.1. The van der Waals surface area contributed by atoms with Crippen LogP contribution in [0.5, 0.6) is 0 Å². The van der Waals surface area contributed by atoms with E-state index in [4.69, 9.17) is 21.3 Å². The fourth-order valence-electron chi connectivity index (χ4n) is 1.52. The number of hydrogen-bond acceptors (Lipinski definition) is 3. The van der Waals surface area contributed by atoms with Gasteiger partial charge in [0.15, 0.2) is 0 Å². The summed E-state index contributed by atoms with van der Waals surface area (Å²) < 4.78 is 5.48. The fourth-order valence-corrected chi connectivity index (χ4v) is 1.75. The van der Waals surface area contributed by atoms with Crippen LogP contribution in [0.2, 0.25) is 5.02 Å². The molecule has 0 radical (unpaired) electrons. The van der Waals surface area contributed by atoms with E-state index >= 15 is 0 Å². The third-order valence-electron chi connectivity index (χ3n) is 2.38. The average molecular weight is 248 g/mol. The molecule has 1 heterocycles. The molecule has 0 aliphatic carbocycles. The lowest BCUT2D eigenvalue weighted by molar-refractivity contribution is 0.156. The molecule has 4 heteroatoms. The highest BCUT2D eigenvalue weighted by atomic mass is 35.5. The molecule has 0 saturated heterocycles. The first-order chi connectivity index (χ1) is 8.22. The number of furan rings is 1. The summed E-state index contributed by atoms with van der Waals surface area (Å²) in [5.41, 5.74) is 0.768. The standard InChI is InChI=1S/C13H10ClNO2/c14-10-4-2-1-3-9(10)12-5-6-13(17-12)11(16)7-8-15/h1-6,11,16H,7H2/t11-/m1/s1. The van der Waals surface area contributed by atoms with Crippen molar-refractivity contribution in [3.63, 3.8) is 0 Å². The number of rotatable bonds is 3. The average Bonchev–Trinajstić information content (AvgIpc) is 2.79. The molecule has 1 atom stereocenters. The van der Waals surface area contributed by atoms with Gasteiger partial charge in [0.1, 0.15) is 17.6 Å². The van der Waals surface area contributed by atoms with E-state index in [1.807, 2.05) is 24.3 Å². The summed E-state index contributed by atoms with van der Waals surface area (Å²) in [6.45, 7) is 0. The summed E-state index contributed by atoms with van der Waals surface area (Å²) >= 11 is 6.03. The molecule has 0 amide bonds. The molecule has 2 rings (SSSR count). The van der Waals surface area contributed by atoms with E-state index in [2.05, 4.69) is 0 Å². The molecule has 0 spiro atoms. The first-order valence-electron chi connectivity index (χ1n) is 5.12. The molecule has 0 unspecified atom stereocenters. The second-order valence-electron chi connectivity index (χ2n) is 3.56. The number of nitrogens with zero attached hydrogens (tertiary/aromatic N) is 1. The second kappa shape index (κ2) is 5.05. The fraction of sp³-hybridized carbons (Fsp3) is 0.154. The van der Waals surface area contributed by atoms with E-state index in [1.54, 1.807) is 18.2 Å². The first kappa shape index (κ1) is 11.7. The third-order valence-corrected chi connectivity index (χ3v) is 2.71. The molecule has 0 bridgehead atoms. The minimum Gasteiger partial charge on any atom is -0.458 e. The topological polar surface area (TPSA) is 57.2 Å². The zero-order valence-corrected chi connectivity index (χ0v) is 9.69.